The van der Waals surface area contributed by atoms with E-state index >= 15 is 0 Å². The topological polar surface area (TPSA) is 46.2 Å². The van der Waals surface area contributed by atoms with Crippen LogP contribution in [-0.2, 0) is 9.59 Å². The maximum atomic E-state index is 13.0. The zero-order valence-corrected chi connectivity index (χ0v) is 14.2. The van der Waals surface area contributed by atoms with Crippen molar-refractivity contribution < 1.29 is 9.59 Å². The molecule has 1 aromatic carbocycles. The zero-order chi connectivity index (χ0) is 15.5. The van der Waals surface area contributed by atoms with E-state index in [1.807, 2.05) is 37.3 Å². The van der Waals surface area contributed by atoms with Gasteiger partial charge in [0.2, 0.25) is 5.91 Å². The Morgan fingerprint density at radius 3 is 2.33 bits per heavy atom. The standard InChI is InChI=1S/C17H20BrNO2/c1-15(2)16(3)9-10-17(15,12(18)13(16)20)14(21)19-11-7-5-4-6-8-11/h4-8,12H,9-10H2,1-3H3,(H,19,21)/t12-,16-,17+/m1/s1. The minimum Gasteiger partial charge on any atom is -0.326 e. The van der Waals surface area contributed by atoms with E-state index in [9.17, 15) is 9.59 Å². The number of carbonyl (C=O) groups excluding carboxylic acids is 2. The third-order valence-electron chi connectivity index (χ3n) is 6.16. The average Bonchev–Trinajstić information content (AvgIpc) is 2.72. The third kappa shape index (κ3) is 1.60. The van der Waals surface area contributed by atoms with Crippen LogP contribution < -0.4 is 5.32 Å². The van der Waals surface area contributed by atoms with Crippen LogP contribution in [0.15, 0.2) is 30.3 Å². The molecule has 4 heteroatoms. The van der Waals surface area contributed by atoms with Gasteiger partial charge in [-0.1, -0.05) is 54.9 Å². The lowest BCUT2D eigenvalue weighted by Gasteiger charge is -2.39. The Labute approximate surface area is 133 Å². The van der Waals surface area contributed by atoms with E-state index in [1.54, 1.807) is 0 Å². The molecule has 2 bridgehead atoms. The molecule has 112 valence electrons. The molecule has 2 aliphatic rings. The van der Waals surface area contributed by atoms with Gasteiger partial charge in [-0.2, -0.15) is 0 Å². The molecule has 0 spiro atoms. The normalized spacial score (nSPS) is 36.8. The molecule has 0 radical (unpaired) electrons. The van der Waals surface area contributed by atoms with E-state index in [2.05, 4.69) is 35.1 Å². The van der Waals surface area contributed by atoms with Gasteiger partial charge in [-0.15, -0.1) is 0 Å². The predicted octanol–water partition coefficient (Wildman–Crippen LogP) is 3.78. The summed E-state index contributed by atoms with van der Waals surface area (Å²) in [7, 11) is 0. The number of halogens is 1. The van der Waals surface area contributed by atoms with Crippen molar-refractivity contribution in [1.82, 2.24) is 0 Å². The largest absolute Gasteiger partial charge is 0.326 e. The van der Waals surface area contributed by atoms with Crippen molar-refractivity contribution in [3.05, 3.63) is 30.3 Å². The third-order valence-corrected chi connectivity index (χ3v) is 7.35. The summed E-state index contributed by atoms with van der Waals surface area (Å²) in [5, 5.41) is 3.00. The highest BCUT2D eigenvalue weighted by molar-refractivity contribution is 9.10. The Bertz CT molecular complexity index is 612. The second-order valence-electron chi connectivity index (χ2n) is 6.98. The van der Waals surface area contributed by atoms with E-state index in [4.69, 9.17) is 0 Å². The number of anilines is 1. The fourth-order valence-corrected chi connectivity index (χ4v) is 5.73. The van der Waals surface area contributed by atoms with Gasteiger partial charge < -0.3 is 5.32 Å². The monoisotopic (exact) mass is 349 g/mol. The molecule has 3 rings (SSSR count). The molecule has 0 saturated heterocycles. The van der Waals surface area contributed by atoms with Crippen LogP contribution in [0.4, 0.5) is 5.69 Å². The highest BCUT2D eigenvalue weighted by Gasteiger charge is 2.76. The lowest BCUT2D eigenvalue weighted by atomic mass is 9.64. The summed E-state index contributed by atoms with van der Waals surface area (Å²) in [6, 6.07) is 9.44. The van der Waals surface area contributed by atoms with Crippen molar-refractivity contribution >= 4 is 33.3 Å². The van der Waals surface area contributed by atoms with Gasteiger partial charge in [0.05, 0.1) is 10.2 Å². The van der Waals surface area contributed by atoms with Gasteiger partial charge in [-0.25, -0.2) is 0 Å². The highest BCUT2D eigenvalue weighted by Crippen LogP contribution is 2.72. The van der Waals surface area contributed by atoms with Gasteiger partial charge >= 0.3 is 0 Å². The summed E-state index contributed by atoms with van der Waals surface area (Å²) in [6.07, 6.45) is 1.53. The van der Waals surface area contributed by atoms with E-state index in [-0.39, 0.29) is 17.1 Å². The molecule has 2 saturated carbocycles. The Morgan fingerprint density at radius 2 is 1.81 bits per heavy atom. The molecule has 0 unspecified atom stereocenters. The number of amides is 1. The highest BCUT2D eigenvalue weighted by atomic mass is 79.9. The Morgan fingerprint density at radius 1 is 1.19 bits per heavy atom. The number of rotatable bonds is 2. The van der Waals surface area contributed by atoms with Gasteiger partial charge in [0, 0.05) is 11.1 Å². The van der Waals surface area contributed by atoms with Crippen LogP contribution in [0.5, 0.6) is 0 Å². The van der Waals surface area contributed by atoms with Gasteiger partial charge in [-0.05, 0) is 30.4 Å². The van der Waals surface area contributed by atoms with Crippen LogP contribution in [0.1, 0.15) is 33.6 Å². The summed E-state index contributed by atoms with van der Waals surface area (Å²) in [6.45, 7) is 6.13. The first kappa shape index (κ1) is 14.8. The molecule has 1 aromatic rings. The minimum atomic E-state index is -0.672. The fourth-order valence-electron chi connectivity index (χ4n) is 4.22. The lowest BCUT2D eigenvalue weighted by Crippen LogP contribution is -2.47. The Kier molecular flexibility index (Phi) is 3.11. The Balaban J connectivity index is 2.00. The number of Topliss-reactive ketones (excluding diaryl/α,β-unsaturated/α-hetero) is 1. The van der Waals surface area contributed by atoms with E-state index < -0.39 is 15.7 Å². The first-order chi connectivity index (χ1) is 9.77. The van der Waals surface area contributed by atoms with E-state index in [0.717, 1.165) is 18.5 Å². The molecule has 1 amide bonds. The molecule has 0 aliphatic heterocycles. The maximum Gasteiger partial charge on any atom is 0.232 e. The summed E-state index contributed by atoms with van der Waals surface area (Å²) >= 11 is 3.53. The number of hydrogen-bond donors (Lipinski definition) is 1. The van der Waals surface area contributed by atoms with Crippen LogP contribution in [-0.4, -0.2) is 16.5 Å². The second kappa shape index (κ2) is 4.42. The number of fused-ring (bicyclic) bond motifs is 2. The van der Waals surface area contributed by atoms with Crippen LogP contribution in [0.3, 0.4) is 0 Å². The molecule has 3 nitrogen and oxygen atoms in total. The van der Waals surface area contributed by atoms with Crippen molar-refractivity contribution in [2.24, 2.45) is 16.2 Å². The summed E-state index contributed by atoms with van der Waals surface area (Å²) in [4.78, 5) is 25.3. The molecule has 21 heavy (non-hydrogen) atoms. The number of ketones is 1. The van der Waals surface area contributed by atoms with Crippen molar-refractivity contribution in [2.75, 3.05) is 5.32 Å². The van der Waals surface area contributed by atoms with Crippen LogP contribution in [0.25, 0.3) is 0 Å². The fraction of sp³-hybridized carbons (Fsp3) is 0.529. The summed E-state index contributed by atoms with van der Waals surface area (Å²) < 4.78 is 0. The number of para-hydroxylation sites is 1. The Hall–Kier alpha value is -1.16. The number of alkyl halides is 1. The number of carbonyl (C=O) groups is 2. The van der Waals surface area contributed by atoms with Crippen molar-refractivity contribution in [1.29, 1.82) is 0 Å². The summed E-state index contributed by atoms with van der Waals surface area (Å²) in [5.41, 5.74) is -0.672. The van der Waals surface area contributed by atoms with E-state index in [1.165, 1.54) is 0 Å². The van der Waals surface area contributed by atoms with Crippen LogP contribution >= 0.6 is 15.9 Å². The van der Waals surface area contributed by atoms with Gasteiger partial charge in [0.1, 0.15) is 0 Å². The van der Waals surface area contributed by atoms with Gasteiger partial charge in [0.25, 0.3) is 0 Å². The minimum absolute atomic E-state index is 0.0462. The number of benzene rings is 1. The quantitative estimate of drug-likeness (QED) is 0.825. The first-order valence-electron chi connectivity index (χ1n) is 7.32. The van der Waals surface area contributed by atoms with Crippen molar-refractivity contribution in [3.8, 4) is 0 Å². The summed E-state index contributed by atoms with van der Waals surface area (Å²) in [5.74, 6) is 0.122. The van der Waals surface area contributed by atoms with Gasteiger partial charge in [-0.3, -0.25) is 9.59 Å². The van der Waals surface area contributed by atoms with Crippen LogP contribution in [0.2, 0.25) is 0 Å². The molecule has 2 fully saturated rings. The smallest absolute Gasteiger partial charge is 0.232 e. The van der Waals surface area contributed by atoms with Crippen molar-refractivity contribution in [3.63, 3.8) is 0 Å². The SMILES string of the molecule is CC1(C)[C@]2(C)CC[C@@]1(C(=O)Nc1ccccc1)[C@H](Br)C2=O. The number of nitrogens with one attached hydrogen (secondary N) is 1. The van der Waals surface area contributed by atoms with Crippen LogP contribution in [0, 0.1) is 16.2 Å². The number of hydrogen-bond acceptors (Lipinski definition) is 2. The molecular formula is C17H20BrNO2. The lowest BCUT2D eigenvalue weighted by molar-refractivity contribution is -0.130. The second-order valence-corrected chi connectivity index (χ2v) is 7.89. The zero-order valence-electron chi connectivity index (χ0n) is 12.6. The van der Waals surface area contributed by atoms with E-state index in [0.29, 0.717) is 0 Å². The molecule has 0 heterocycles. The average molecular weight is 350 g/mol. The predicted molar refractivity (Wildman–Crippen MR) is 86.3 cm³/mol. The molecule has 2 aliphatic carbocycles. The van der Waals surface area contributed by atoms with Crippen molar-refractivity contribution in [2.45, 2.75) is 38.4 Å². The maximum absolute atomic E-state index is 13.0. The molecule has 0 aromatic heterocycles. The molecular weight excluding hydrogens is 330 g/mol. The molecule has 3 atom stereocenters. The van der Waals surface area contributed by atoms with Gasteiger partial charge in [0.15, 0.2) is 5.78 Å². The molecule has 1 N–H and O–H groups in total. The first-order valence-corrected chi connectivity index (χ1v) is 8.24.